The van der Waals surface area contributed by atoms with Crippen molar-refractivity contribution in [3.63, 3.8) is 0 Å². The number of carbonyl (C=O) groups is 2. The number of hydrogen-bond acceptors (Lipinski definition) is 9. The summed E-state index contributed by atoms with van der Waals surface area (Å²) in [5.41, 5.74) is 0.0230. The van der Waals surface area contributed by atoms with Crippen molar-refractivity contribution < 1.29 is 39.6 Å². The maximum absolute atomic E-state index is 13.5. The van der Waals surface area contributed by atoms with E-state index in [2.05, 4.69) is 10.6 Å². The van der Waals surface area contributed by atoms with Gasteiger partial charge in [-0.25, -0.2) is 25.3 Å². The van der Waals surface area contributed by atoms with E-state index >= 15 is 0 Å². The number of alkyl halides is 4. The van der Waals surface area contributed by atoms with Crippen LogP contribution in [0.4, 0.5) is 11.4 Å². The summed E-state index contributed by atoms with van der Waals surface area (Å²) >= 11 is 23.1. The van der Waals surface area contributed by atoms with Gasteiger partial charge in [0.1, 0.15) is 0 Å². The summed E-state index contributed by atoms with van der Waals surface area (Å²) < 4.78 is 88.2. The van der Waals surface area contributed by atoms with Gasteiger partial charge in [0.05, 0.1) is 39.3 Å². The van der Waals surface area contributed by atoms with Crippen molar-refractivity contribution in [2.24, 2.45) is 0 Å². The second-order valence-corrected chi connectivity index (χ2v) is 18.6. The fourth-order valence-electron chi connectivity index (χ4n) is 5.16. The Morgan fingerprint density at radius 1 is 0.585 bits per heavy atom. The summed E-state index contributed by atoms with van der Waals surface area (Å²) in [6.45, 7) is 0.777. The highest BCUT2D eigenvalue weighted by molar-refractivity contribution is 7.89. The molecule has 0 radical (unpaired) electrons. The largest absolute Gasteiger partial charge is 0.379 e. The van der Waals surface area contributed by atoms with E-state index in [1.807, 2.05) is 0 Å². The summed E-state index contributed by atoms with van der Waals surface area (Å²) in [4.78, 5) is 26.5. The Morgan fingerprint density at radius 3 is 1.36 bits per heavy atom. The van der Waals surface area contributed by atoms with E-state index < -0.39 is 41.9 Å². The van der Waals surface area contributed by atoms with E-state index in [1.54, 1.807) is 0 Å². The second-order valence-electron chi connectivity index (χ2n) is 11.2. The molecule has 3 aromatic rings. The van der Waals surface area contributed by atoms with Crippen molar-refractivity contribution in [2.45, 2.75) is 14.7 Å². The summed E-state index contributed by atoms with van der Waals surface area (Å²) in [6.07, 6.45) is 0. The zero-order valence-corrected chi connectivity index (χ0v) is 33.6. The molecule has 1 aliphatic rings. The molecule has 0 bridgehead atoms. The van der Waals surface area contributed by atoms with Gasteiger partial charge in [0.2, 0.25) is 30.1 Å². The monoisotopic (exact) mass is 871 g/mol. The van der Waals surface area contributed by atoms with Gasteiger partial charge in [0, 0.05) is 73.9 Å². The molecule has 0 saturated carbocycles. The number of morpholine rings is 1. The summed E-state index contributed by atoms with van der Waals surface area (Å²) in [5.74, 6) is -1.23. The van der Waals surface area contributed by atoms with Gasteiger partial charge in [-0.05, 0) is 66.7 Å². The lowest BCUT2D eigenvalue weighted by Crippen LogP contribution is -2.40. The Hall–Kier alpha value is -2.55. The predicted molar refractivity (Wildman–Crippen MR) is 205 cm³/mol. The number of rotatable bonds is 18. The molecule has 0 aromatic heterocycles. The Morgan fingerprint density at radius 2 is 0.962 bits per heavy atom. The minimum atomic E-state index is -4.03. The third-order valence-corrected chi connectivity index (χ3v) is 14.3. The SMILES string of the molecule is O=C(Nc1ccc(S(=O)(=O)N2CCOCC2)cc1NC(=O)c1ccc(S(=O)(=O)N(CCCl)CCCl)cc1)c1ccc(S(=O)(=O)N(CCCl)CCCl)cc1. The number of amides is 2. The first-order chi connectivity index (χ1) is 25.2. The van der Waals surface area contributed by atoms with E-state index in [9.17, 15) is 34.8 Å². The molecular weight excluding hydrogens is 836 g/mol. The number of carbonyl (C=O) groups excluding carboxylic acids is 2. The maximum Gasteiger partial charge on any atom is 0.255 e. The van der Waals surface area contributed by atoms with Crippen molar-refractivity contribution in [1.82, 2.24) is 12.9 Å². The molecule has 1 fully saturated rings. The summed E-state index contributed by atoms with van der Waals surface area (Å²) in [7, 11) is -12.0. The molecule has 0 atom stereocenters. The second kappa shape index (κ2) is 19.4. The fourth-order valence-corrected chi connectivity index (χ4v) is 10.7. The van der Waals surface area contributed by atoms with E-state index in [1.165, 1.54) is 71.0 Å². The van der Waals surface area contributed by atoms with Crippen LogP contribution in [0.5, 0.6) is 0 Å². The van der Waals surface area contributed by atoms with Gasteiger partial charge in [0.15, 0.2) is 0 Å². The van der Waals surface area contributed by atoms with Gasteiger partial charge in [-0.3, -0.25) is 9.59 Å². The molecule has 14 nitrogen and oxygen atoms in total. The smallest absolute Gasteiger partial charge is 0.255 e. The fraction of sp³-hybridized carbons (Fsp3) is 0.375. The highest BCUT2D eigenvalue weighted by atomic mass is 35.5. The van der Waals surface area contributed by atoms with Crippen molar-refractivity contribution in [3.8, 4) is 0 Å². The van der Waals surface area contributed by atoms with Crippen molar-refractivity contribution in [3.05, 3.63) is 77.9 Å². The highest BCUT2D eigenvalue weighted by Gasteiger charge is 2.29. The van der Waals surface area contributed by atoms with Gasteiger partial charge >= 0.3 is 0 Å². The minimum Gasteiger partial charge on any atom is -0.379 e. The third-order valence-electron chi connectivity index (χ3n) is 7.94. The van der Waals surface area contributed by atoms with Crippen LogP contribution in [0.2, 0.25) is 0 Å². The molecule has 53 heavy (non-hydrogen) atoms. The van der Waals surface area contributed by atoms with Gasteiger partial charge in [-0.15, -0.1) is 46.4 Å². The van der Waals surface area contributed by atoms with Crippen molar-refractivity contribution in [1.29, 1.82) is 0 Å². The first-order valence-corrected chi connectivity index (χ1v) is 22.5. The first-order valence-electron chi connectivity index (χ1n) is 16.0. The normalized spacial score (nSPS) is 14.4. The van der Waals surface area contributed by atoms with E-state index in [4.69, 9.17) is 51.1 Å². The van der Waals surface area contributed by atoms with Gasteiger partial charge in [-0.1, -0.05) is 0 Å². The standard InChI is InChI=1S/C32H37Cl4N5O9S3/c33-11-15-39(16-12-34)51(44,45)26-5-1-24(2-6-26)31(42)37-29-10-9-28(53(48,49)41-19-21-50-22-20-41)23-30(29)38-32(43)25-3-7-27(8-4-25)52(46,47)40(17-13-35)18-14-36/h1-10,23H,11-22H2,(H,37,42)(H,38,43). The van der Waals surface area contributed by atoms with Crippen LogP contribution in [0.1, 0.15) is 20.7 Å². The Bertz CT molecular complexity index is 2060. The van der Waals surface area contributed by atoms with E-state index in [0.717, 1.165) is 8.61 Å². The van der Waals surface area contributed by atoms with Crippen LogP contribution in [-0.4, -0.2) is 126 Å². The number of halogens is 4. The van der Waals surface area contributed by atoms with Crippen LogP contribution in [-0.2, 0) is 34.8 Å². The lowest BCUT2D eigenvalue weighted by Gasteiger charge is -2.26. The van der Waals surface area contributed by atoms with Crippen LogP contribution >= 0.6 is 46.4 Å². The van der Waals surface area contributed by atoms with Gasteiger partial charge in [0.25, 0.3) is 11.8 Å². The summed E-state index contributed by atoms with van der Waals surface area (Å²) in [5, 5.41) is 5.27. The molecule has 290 valence electrons. The minimum absolute atomic E-state index is 0.0216. The van der Waals surface area contributed by atoms with E-state index in [-0.39, 0.29) is 113 Å². The van der Waals surface area contributed by atoms with Gasteiger partial charge < -0.3 is 15.4 Å². The first kappa shape index (κ1) is 43.2. The third kappa shape index (κ3) is 10.6. The number of nitrogens with zero attached hydrogens (tertiary/aromatic N) is 3. The predicted octanol–water partition coefficient (Wildman–Crippen LogP) is 4.15. The molecule has 1 saturated heterocycles. The van der Waals surface area contributed by atoms with E-state index in [0.29, 0.717) is 0 Å². The molecule has 1 aliphatic heterocycles. The molecule has 4 rings (SSSR count). The maximum atomic E-state index is 13.5. The average molecular weight is 874 g/mol. The molecule has 1 heterocycles. The molecule has 0 unspecified atom stereocenters. The van der Waals surface area contributed by atoms with Crippen LogP contribution in [0.3, 0.4) is 0 Å². The quantitative estimate of drug-likeness (QED) is 0.178. The van der Waals surface area contributed by atoms with Crippen LogP contribution in [0, 0.1) is 0 Å². The molecule has 0 aliphatic carbocycles. The van der Waals surface area contributed by atoms with Crippen molar-refractivity contribution in [2.75, 3.05) is 86.6 Å². The lowest BCUT2D eigenvalue weighted by atomic mass is 10.2. The van der Waals surface area contributed by atoms with Crippen LogP contribution in [0.25, 0.3) is 0 Å². The van der Waals surface area contributed by atoms with Crippen LogP contribution < -0.4 is 10.6 Å². The molecule has 2 N–H and O–H groups in total. The topological polar surface area (TPSA) is 180 Å². The Kier molecular flexibility index (Phi) is 15.8. The Labute approximate surface area is 329 Å². The molecule has 21 heteroatoms. The van der Waals surface area contributed by atoms with Crippen LogP contribution in [0.15, 0.2) is 81.4 Å². The highest BCUT2D eigenvalue weighted by Crippen LogP contribution is 2.29. The number of hydrogen-bond donors (Lipinski definition) is 2. The number of anilines is 2. The number of nitrogens with one attached hydrogen (secondary N) is 2. The van der Waals surface area contributed by atoms with Gasteiger partial charge in [-0.2, -0.15) is 12.9 Å². The summed E-state index contributed by atoms with van der Waals surface area (Å²) in [6, 6.07) is 14.0. The zero-order chi connectivity index (χ0) is 38.8. The number of ether oxygens (including phenoxy) is 1. The zero-order valence-electron chi connectivity index (χ0n) is 28.1. The molecule has 3 aromatic carbocycles. The number of sulfonamides is 3. The molecule has 2 amide bonds. The molecule has 0 spiro atoms. The Balaban J connectivity index is 1.64. The average Bonchev–Trinajstić information content (AvgIpc) is 3.15. The number of benzene rings is 3. The molecular formula is C32H37Cl4N5O9S3. The van der Waals surface area contributed by atoms with Crippen molar-refractivity contribution >= 4 is 99.7 Å². The lowest BCUT2D eigenvalue weighted by molar-refractivity contribution is 0.0730.